The first-order chi connectivity index (χ1) is 20.9. The van der Waals surface area contributed by atoms with Crippen molar-refractivity contribution >= 4 is 42.1 Å². The van der Waals surface area contributed by atoms with Crippen LogP contribution in [0, 0.1) is 25.7 Å². The van der Waals surface area contributed by atoms with Gasteiger partial charge in [-0.15, -0.1) is 0 Å². The lowest BCUT2D eigenvalue weighted by atomic mass is 9.86. The van der Waals surface area contributed by atoms with E-state index >= 15 is 0 Å². The van der Waals surface area contributed by atoms with Gasteiger partial charge in [-0.05, 0) is 79.5 Å². The fourth-order valence-corrected chi connectivity index (χ4v) is 6.97. The van der Waals surface area contributed by atoms with Crippen molar-refractivity contribution < 1.29 is 29.4 Å². The maximum atomic E-state index is 12.5. The zero-order chi connectivity index (χ0) is 32.3. The molecular formula is C33H42N4O6S. The minimum Gasteiger partial charge on any atom is -0.481 e. The Morgan fingerprint density at radius 1 is 0.932 bits per heavy atom. The van der Waals surface area contributed by atoms with Crippen molar-refractivity contribution in [3.63, 3.8) is 0 Å². The molecule has 3 atom stereocenters. The number of aliphatic imine (C=N–C) groups is 1. The van der Waals surface area contributed by atoms with Crippen LogP contribution in [0.4, 0.5) is 0 Å². The largest absolute Gasteiger partial charge is 0.481 e. The number of rotatable bonds is 15. The summed E-state index contributed by atoms with van der Waals surface area (Å²) in [6.45, 7) is 11.4. The molecule has 11 heteroatoms. The molecule has 0 aromatic carbocycles. The minimum atomic E-state index is -0.901. The van der Waals surface area contributed by atoms with Gasteiger partial charge in [-0.1, -0.05) is 19.6 Å². The zero-order valence-electron chi connectivity index (χ0n) is 25.8. The number of amides is 2. The highest BCUT2D eigenvalue weighted by atomic mass is 32.1. The summed E-state index contributed by atoms with van der Waals surface area (Å²) in [5.74, 6) is -1.35. The van der Waals surface area contributed by atoms with Crippen LogP contribution >= 0.6 is 12.6 Å². The van der Waals surface area contributed by atoms with Crippen LogP contribution < -0.4 is 5.32 Å². The molecule has 4 rings (SSSR count). The summed E-state index contributed by atoms with van der Waals surface area (Å²) in [4.78, 5) is 59.3. The minimum absolute atomic E-state index is 0.0312. The zero-order valence-corrected chi connectivity index (χ0v) is 26.7. The van der Waals surface area contributed by atoms with Gasteiger partial charge >= 0.3 is 11.9 Å². The van der Waals surface area contributed by atoms with E-state index in [2.05, 4.69) is 39.5 Å². The monoisotopic (exact) mass is 622 g/mol. The Morgan fingerprint density at radius 2 is 1.50 bits per heavy atom. The van der Waals surface area contributed by atoms with E-state index in [4.69, 9.17) is 0 Å². The number of aromatic nitrogens is 2. The number of H-pyrrole nitrogens is 2. The van der Waals surface area contributed by atoms with Gasteiger partial charge in [-0.3, -0.25) is 19.2 Å². The highest BCUT2D eigenvalue weighted by Gasteiger charge is 2.39. The summed E-state index contributed by atoms with van der Waals surface area (Å²) in [6, 6.07) is -0.0562. The molecule has 236 valence electrons. The lowest BCUT2D eigenvalue weighted by Crippen LogP contribution is -2.31. The van der Waals surface area contributed by atoms with Crippen molar-refractivity contribution in [3.05, 3.63) is 68.8 Å². The van der Waals surface area contributed by atoms with Gasteiger partial charge in [-0.25, -0.2) is 4.99 Å². The first-order valence-electron chi connectivity index (χ1n) is 15.0. The summed E-state index contributed by atoms with van der Waals surface area (Å²) in [5, 5.41) is 22.1. The van der Waals surface area contributed by atoms with Gasteiger partial charge in [0.1, 0.15) is 0 Å². The van der Waals surface area contributed by atoms with Gasteiger partial charge < -0.3 is 25.5 Å². The second-order valence-corrected chi connectivity index (χ2v) is 12.4. The van der Waals surface area contributed by atoms with E-state index in [9.17, 15) is 29.4 Å². The number of carboxylic acid groups (broad SMARTS) is 2. The molecule has 0 saturated carbocycles. The predicted octanol–water partition coefficient (Wildman–Crippen LogP) is 4.22. The fourth-order valence-electron chi connectivity index (χ4n) is 6.67. The van der Waals surface area contributed by atoms with E-state index in [1.807, 2.05) is 27.7 Å². The van der Waals surface area contributed by atoms with E-state index in [-0.39, 0.29) is 42.5 Å². The number of carbonyl (C=O) groups is 4. The number of thiol groups is 1. The summed E-state index contributed by atoms with van der Waals surface area (Å²) < 4.78 is 0. The normalized spacial score (nSPS) is 19.9. The molecule has 0 bridgehead atoms. The molecule has 2 aliphatic heterocycles. The third kappa shape index (κ3) is 6.93. The second-order valence-electron chi connectivity index (χ2n) is 11.9. The second kappa shape index (κ2) is 13.8. The standard InChI is InChI=1S/C33H42N4O6S/c1-6-20-16(2)26(36-33(20)43)13-24-17(3)21(7-9-30(38)39)27(34-24)15-28-22(8-10-31(40)41)18(4)25(35-28)14-29-23(11-12-44)19(5)32(42)37-29/h6,19,23,29,34-35,44H,1,7-15H2,2-5H3,(H,37,42)(H,38,39)(H,40,41)/t19-,23-,29+/m0/s1. The Balaban J connectivity index is 1.71. The van der Waals surface area contributed by atoms with Gasteiger partial charge in [0.25, 0.3) is 5.91 Å². The Kier molecular flexibility index (Phi) is 10.4. The van der Waals surface area contributed by atoms with Crippen LogP contribution in [0.5, 0.6) is 0 Å². The predicted molar refractivity (Wildman–Crippen MR) is 172 cm³/mol. The van der Waals surface area contributed by atoms with Crippen LogP contribution in [-0.4, -0.2) is 61.4 Å². The Hall–Kier alpha value is -3.86. The van der Waals surface area contributed by atoms with Gasteiger partial charge in [0, 0.05) is 72.4 Å². The molecule has 0 unspecified atom stereocenters. The number of aliphatic carboxylic acids is 2. The van der Waals surface area contributed by atoms with Gasteiger partial charge in [0.15, 0.2) is 0 Å². The van der Waals surface area contributed by atoms with Crippen LogP contribution in [0.1, 0.15) is 78.1 Å². The number of nitrogens with one attached hydrogen (secondary N) is 3. The third-order valence-electron chi connectivity index (χ3n) is 9.31. The molecule has 0 radical (unpaired) electrons. The Bertz CT molecular complexity index is 1560. The van der Waals surface area contributed by atoms with Gasteiger partial charge in [-0.2, -0.15) is 12.6 Å². The molecule has 4 heterocycles. The van der Waals surface area contributed by atoms with Crippen molar-refractivity contribution in [2.45, 2.75) is 85.1 Å². The van der Waals surface area contributed by atoms with Crippen LogP contribution in [0.15, 0.2) is 28.8 Å². The van der Waals surface area contributed by atoms with E-state index in [0.717, 1.165) is 57.0 Å². The number of hydrogen-bond acceptors (Lipinski definition) is 5. The fraction of sp³-hybridized carbons (Fsp3) is 0.485. The van der Waals surface area contributed by atoms with E-state index < -0.39 is 11.9 Å². The lowest BCUT2D eigenvalue weighted by Gasteiger charge is -2.20. The van der Waals surface area contributed by atoms with Crippen molar-refractivity contribution in [1.82, 2.24) is 15.3 Å². The summed E-state index contributed by atoms with van der Waals surface area (Å²) in [7, 11) is 0. The topological polar surface area (TPSA) is 165 Å². The number of carboxylic acids is 2. The number of hydrogen-bond donors (Lipinski definition) is 6. The number of carbonyl (C=O) groups excluding carboxylic acids is 2. The molecule has 2 aliphatic rings. The number of allylic oxidation sites excluding steroid dienone is 1. The third-order valence-corrected chi connectivity index (χ3v) is 9.57. The average molecular weight is 623 g/mol. The first kappa shape index (κ1) is 33.0. The lowest BCUT2D eigenvalue weighted by molar-refractivity contribution is -0.138. The summed E-state index contributed by atoms with van der Waals surface area (Å²) >= 11 is 4.41. The van der Waals surface area contributed by atoms with Crippen molar-refractivity contribution in [2.24, 2.45) is 16.8 Å². The maximum Gasteiger partial charge on any atom is 0.303 e. The van der Waals surface area contributed by atoms with Crippen LogP contribution in [0.3, 0.4) is 0 Å². The summed E-state index contributed by atoms with van der Waals surface area (Å²) in [6.07, 6.45) is 4.29. The van der Waals surface area contributed by atoms with Crippen LogP contribution in [-0.2, 0) is 51.3 Å². The average Bonchev–Trinajstić information content (AvgIpc) is 3.60. The van der Waals surface area contributed by atoms with E-state index in [0.29, 0.717) is 49.1 Å². The summed E-state index contributed by atoms with van der Waals surface area (Å²) in [5.41, 5.74) is 9.13. The van der Waals surface area contributed by atoms with Crippen LogP contribution in [0.25, 0.3) is 0 Å². The Labute approximate surface area is 262 Å². The van der Waals surface area contributed by atoms with Gasteiger partial charge in [0.05, 0.1) is 5.71 Å². The maximum absolute atomic E-state index is 12.5. The van der Waals surface area contributed by atoms with Crippen molar-refractivity contribution in [2.75, 3.05) is 5.75 Å². The molecule has 2 aromatic heterocycles. The molecular weight excluding hydrogens is 580 g/mol. The highest BCUT2D eigenvalue weighted by Crippen LogP contribution is 2.33. The molecule has 2 amide bonds. The molecule has 1 fully saturated rings. The SMILES string of the molecule is C=CC1=C(C)C(Cc2[nH]c(Cc3[nH]c(C[C@H]4NC(=O)[C@@H](C)[C@@H]4CCS)c(C)c3CCC(=O)O)c(CCC(=O)O)c2C)=NC1=O. The highest BCUT2D eigenvalue weighted by molar-refractivity contribution is 7.80. The quantitative estimate of drug-likeness (QED) is 0.163. The van der Waals surface area contributed by atoms with E-state index in [1.165, 1.54) is 6.08 Å². The number of nitrogens with zero attached hydrogens (tertiary/aromatic N) is 1. The smallest absolute Gasteiger partial charge is 0.303 e. The molecule has 0 aliphatic carbocycles. The van der Waals surface area contributed by atoms with Crippen molar-refractivity contribution in [3.8, 4) is 0 Å². The molecule has 2 aromatic rings. The Morgan fingerprint density at radius 3 is 2.02 bits per heavy atom. The number of aromatic amines is 2. The van der Waals surface area contributed by atoms with Gasteiger partial charge in [0.2, 0.25) is 5.91 Å². The molecule has 5 N–H and O–H groups in total. The van der Waals surface area contributed by atoms with Crippen molar-refractivity contribution in [1.29, 1.82) is 0 Å². The van der Waals surface area contributed by atoms with Crippen LogP contribution in [0.2, 0.25) is 0 Å². The molecule has 0 spiro atoms. The van der Waals surface area contributed by atoms with E-state index in [1.54, 1.807) is 0 Å². The molecule has 1 saturated heterocycles. The first-order valence-corrected chi connectivity index (χ1v) is 15.7. The molecule has 44 heavy (non-hydrogen) atoms. The molecule has 10 nitrogen and oxygen atoms in total.